The summed E-state index contributed by atoms with van der Waals surface area (Å²) in [5.74, 6) is -0.570. The molecule has 0 fully saturated rings. The lowest BCUT2D eigenvalue weighted by Crippen LogP contribution is -2.52. The highest BCUT2D eigenvalue weighted by Crippen LogP contribution is 2.39. The van der Waals surface area contributed by atoms with E-state index in [1.165, 1.54) is 17.0 Å². The summed E-state index contributed by atoms with van der Waals surface area (Å²) in [5.41, 5.74) is 2.50. The van der Waals surface area contributed by atoms with Gasteiger partial charge in [0.15, 0.2) is 0 Å². The first kappa shape index (κ1) is 23.4. The number of amides is 2. The van der Waals surface area contributed by atoms with E-state index in [4.69, 9.17) is 0 Å². The number of carbonyl (C=O) groups excluding carboxylic acids is 1. The number of aliphatic hydroxyl groups is 1. The van der Waals surface area contributed by atoms with Crippen molar-refractivity contribution in [1.82, 2.24) is 9.78 Å². The van der Waals surface area contributed by atoms with Gasteiger partial charge in [0, 0.05) is 18.3 Å². The highest BCUT2D eigenvalue weighted by Gasteiger charge is 2.35. The highest BCUT2D eigenvalue weighted by atomic mass is 19.1. The van der Waals surface area contributed by atoms with Gasteiger partial charge in [0.2, 0.25) is 5.91 Å². The van der Waals surface area contributed by atoms with Crippen molar-refractivity contribution >= 4 is 23.4 Å². The average molecular weight is 467 g/mol. The molecule has 178 valence electrons. The number of hydrogen-bond donors (Lipinski definition) is 2. The Bertz CT molecular complexity index is 1220. The second-order valence-corrected chi connectivity index (χ2v) is 9.16. The van der Waals surface area contributed by atoms with Crippen molar-refractivity contribution in [3.63, 3.8) is 0 Å². The van der Waals surface area contributed by atoms with Crippen molar-refractivity contribution in [3.05, 3.63) is 66.2 Å². The molecule has 0 bridgehead atoms. The van der Waals surface area contributed by atoms with Crippen LogP contribution in [0, 0.1) is 5.82 Å². The Morgan fingerprint density at radius 2 is 1.82 bits per heavy atom. The van der Waals surface area contributed by atoms with Gasteiger partial charge in [0.05, 0.1) is 42.2 Å². The van der Waals surface area contributed by atoms with Crippen molar-refractivity contribution in [2.45, 2.75) is 38.8 Å². The van der Waals surface area contributed by atoms with Crippen LogP contribution >= 0.6 is 0 Å². The first-order valence-corrected chi connectivity index (χ1v) is 11.0. The van der Waals surface area contributed by atoms with Crippen LogP contribution in [0.4, 0.5) is 20.6 Å². The molecule has 1 aliphatic rings. The van der Waals surface area contributed by atoms with E-state index in [0.29, 0.717) is 16.9 Å². The SMILES string of the molecule is C[C@H]1CN(C(=O)O)c2cc(-c3cnn(C(C)(C)CO)c3)ccc2N1C(=O)Cc1ccc(F)cc1. The number of aliphatic hydroxyl groups excluding tert-OH is 1. The summed E-state index contributed by atoms with van der Waals surface area (Å²) in [6.07, 6.45) is 2.43. The van der Waals surface area contributed by atoms with Gasteiger partial charge in [-0.15, -0.1) is 0 Å². The molecule has 2 aromatic carbocycles. The number of benzene rings is 2. The van der Waals surface area contributed by atoms with E-state index in [2.05, 4.69) is 5.10 Å². The van der Waals surface area contributed by atoms with Crippen LogP contribution in [-0.4, -0.2) is 51.2 Å². The Morgan fingerprint density at radius 3 is 2.47 bits per heavy atom. The Labute approximate surface area is 196 Å². The minimum Gasteiger partial charge on any atom is -0.465 e. The molecule has 0 saturated carbocycles. The first-order chi connectivity index (χ1) is 16.1. The van der Waals surface area contributed by atoms with E-state index >= 15 is 0 Å². The summed E-state index contributed by atoms with van der Waals surface area (Å²) < 4.78 is 14.9. The summed E-state index contributed by atoms with van der Waals surface area (Å²) in [4.78, 5) is 28.1. The van der Waals surface area contributed by atoms with E-state index in [0.717, 1.165) is 11.1 Å². The highest BCUT2D eigenvalue weighted by molar-refractivity contribution is 6.04. The summed E-state index contributed by atoms with van der Waals surface area (Å²) in [6.45, 7) is 5.55. The lowest BCUT2D eigenvalue weighted by atomic mass is 10.0. The fourth-order valence-corrected chi connectivity index (χ4v) is 4.10. The molecule has 0 spiro atoms. The standard InChI is InChI=1S/C25H27FN4O4/c1-16-13-28(24(33)34)22-11-18(19-12-27-29(14-19)25(2,3)15-31)6-9-21(22)30(16)23(32)10-17-4-7-20(26)8-5-17/h4-9,11-12,14,16,31H,10,13,15H2,1-3H3,(H,33,34)/t16-/m0/s1. The Morgan fingerprint density at radius 1 is 1.12 bits per heavy atom. The van der Waals surface area contributed by atoms with Gasteiger partial charge < -0.3 is 15.1 Å². The Hall–Kier alpha value is -3.72. The second kappa shape index (κ2) is 8.90. The maximum absolute atomic E-state index is 13.2. The van der Waals surface area contributed by atoms with Gasteiger partial charge >= 0.3 is 6.09 Å². The molecule has 1 atom stereocenters. The van der Waals surface area contributed by atoms with Crippen LogP contribution < -0.4 is 9.80 Å². The Kier molecular flexibility index (Phi) is 6.14. The van der Waals surface area contributed by atoms with Gasteiger partial charge in [-0.3, -0.25) is 14.4 Å². The molecule has 0 radical (unpaired) electrons. The molecule has 0 unspecified atom stereocenters. The minimum atomic E-state index is -1.10. The number of nitrogens with zero attached hydrogens (tertiary/aromatic N) is 4. The van der Waals surface area contributed by atoms with Crippen molar-refractivity contribution in [2.75, 3.05) is 23.0 Å². The molecule has 3 aromatic rings. The maximum atomic E-state index is 13.2. The largest absolute Gasteiger partial charge is 0.465 e. The van der Waals surface area contributed by atoms with Crippen LogP contribution in [-0.2, 0) is 16.8 Å². The number of rotatable bonds is 5. The maximum Gasteiger partial charge on any atom is 0.411 e. The van der Waals surface area contributed by atoms with Crippen LogP contribution in [0.1, 0.15) is 26.3 Å². The number of halogens is 1. The van der Waals surface area contributed by atoms with E-state index in [1.807, 2.05) is 19.9 Å². The van der Waals surface area contributed by atoms with Crippen LogP contribution in [0.15, 0.2) is 54.9 Å². The lowest BCUT2D eigenvalue weighted by molar-refractivity contribution is -0.118. The van der Waals surface area contributed by atoms with Crippen molar-refractivity contribution in [1.29, 1.82) is 0 Å². The predicted octanol–water partition coefficient (Wildman–Crippen LogP) is 3.88. The molecule has 2 N–H and O–H groups in total. The molecular formula is C25H27FN4O4. The van der Waals surface area contributed by atoms with Gasteiger partial charge in [-0.2, -0.15) is 5.10 Å². The monoisotopic (exact) mass is 466 g/mol. The van der Waals surface area contributed by atoms with Crippen molar-refractivity contribution in [2.24, 2.45) is 0 Å². The zero-order valence-electron chi connectivity index (χ0n) is 19.3. The van der Waals surface area contributed by atoms with Crippen LogP contribution in [0.5, 0.6) is 0 Å². The molecule has 9 heteroatoms. The second-order valence-electron chi connectivity index (χ2n) is 9.16. The van der Waals surface area contributed by atoms with Gasteiger partial charge in [-0.25, -0.2) is 9.18 Å². The van der Waals surface area contributed by atoms with Crippen molar-refractivity contribution < 1.29 is 24.2 Å². The quantitative estimate of drug-likeness (QED) is 0.595. The molecule has 2 amide bonds. The number of fused-ring (bicyclic) bond motifs is 1. The summed E-state index contributed by atoms with van der Waals surface area (Å²) in [6, 6.07) is 10.7. The first-order valence-electron chi connectivity index (χ1n) is 11.0. The number of anilines is 2. The summed E-state index contributed by atoms with van der Waals surface area (Å²) in [5, 5.41) is 23.8. The molecule has 34 heavy (non-hydrogen) atoms. The average Bonchev–Trinajstić information content (AvgIpc) is 3.31. The Balaban J connectivity index is 1.71. The topological polar surface area (TPSA) is 98.9 Å². The molecule has 8 nitrogen and oxygen atoms in total. The molecule has 0 aliphatic carbocycles. The molecule has 1 aliphatic heterocycles. The van der Waals surface area contributed by atoms with Gasteiger partial charge in [-0.1, -0.05) is 18.2 Å². The molecular weight excluding hydrogens is 439 g/mol. The van der Waals surface area contributed by atoms with Gasteiger partial charge in [0.25, 0.3) is 0 Å². The van der Waals surface area contributed by atoms with E-state index in [-0.39, 0.29) is 37.3 Å². The summed E-state index contributed by atoms with van der Waals surface area (Å²) >= 11 is 0. The third-order valence-corrected chi connectivity index (χ3v) is 6.10. The number of hydrogen-bond acceptors (Lipinski definition) is 4. The van der Waals surface area contributed by atoms with Crippen LogP contribution in [0.2, 0.25) is 0 Å². The zero-order chi connectivity index (χ0) is 24.6. The fraction of sp³-hybridized carbons (Fsp3) is 0.320. The zero-order valence-corrected chi connectivity index (χ0v) is 19.3. The van der Waals surface area contributed by atoms with E-state index in [1.54, 1.807) is 53.2 Å². The number of carboxylic acid groups (broad SMARTS) is 1. The van der Waals surface area contributed by atoms with E-state index < -0.39 is 11.6 Å². The fourth-order valence-electron chi connectivity index (χ4n) is 4.10. The molecule has 1 aromatic heterocycles. The van der Waals surface area contributed by atoms with Crippen LogP contribution in [0.3, 0.4) is 0 Å². The van der Waals surface area contributed by atoms with Crippen LogP contribution in [0.25, 0.3) is 11.1 Å². The normalized spacial score (nSPS) is 15.9. The number of aromatic nitrogens is 2. The molecule has 4 rings (SSSR count). The lowest BCUT2D eigenvalue weighted by Gasteiger charge is -2.40. The minimum absolute atomic E-state index is 0.0713. The third kappa shape index (κ3) is 4.38. The third-order valence-electron chi connectivity index (χ3n) is 6.10. The smallest absolute Gasteiger partial charge is 0.411 e. The molecule has 0 saturated heterocycles. The van der Waals surface area contributed by atoms with Gasteiger partial charge in [-0.05, 0) is 56.2 Å². The molecule has 2 heterocycles. The predicted molar refractivity (Wildman–Crippen MR) is 126 cm³/mol. The van der Waals surface area contributed by atoms with Gasteiger partial charge in [0.1, 0.15) is 5.82 Å². The number of carbonyl (C=O) groups is 2. The summed E-state index contributed by atoms with van der Waals surface area (Å²) in [7, 11) is 0. The van der Waals surface area contributed by atoms with E-state index in [9.17, 15) is 24.2 Å². The van der Waals surface area contributed by atoms with Crippen molar-refractivity contribution in [3.8, 4) is 11.1 Å².